The lowest BCUT2D eigenvalue weighted by molar-refractivity contribution is 0.0904. The third-order valence-electron chi connectivity index (χ3n) is 7.13. The Kier molecular flexibility index (Phi) is 6.19. The van der Waals surface area contributed by atoms with Crippen LogP contribution in [0.15, 0.2) is 60.7 Å². The summed E-state index contributed by atoms with van der Waals surface area (Å²) in [5.74, 6) is -0.962. The van der Waals surface area contributed by atoms with Crippen molar-refractivity contribution >= 4 is 17.3 Å². The highest BCUT2D eigenvalue weighted by atomic mass is 19.2. The van der Waals surface area contributed by atoms with E-state index in [-0.39, 0.29) is 5.91 Å². The number of amides is 1. The smallest absolute Gasteiger partial charge is 0.262 e. The Labute approximate surface area is 204 Å². The van der Waals surface area contributed by atoms with Crippen LogP contribution >= 0.6 is 0 Å². The summed E-state index contributed by atoms with van der Waals surface area (Å²) in [6.45, 7) is 4.03. The van der Waals surface area contributed by atoms with Crippen molar-refractivity contribution in [3.8, 4) is 5.75 Å². The van der Waals surface area contributed by atoms with Crippen molar-refractivity contribution < 1.29 is 18.3 Å². The number of nitrogens with one attached hydrogen (secondary N) is 1. The van der Waals surface area contributed by atoms with E-state index < -0.39 is 17.3 Å². The zero-order valence-electron chi connectivity index (χ0n) is 20.0. The van der Waals surface area contributed by atoms with Crippen molar-refractivity contribution in [2.45, 2.75) is 38.4 Å². The highest BCUT2D eigenvalue weighted by Gasteiger charge is 2.47. The fourth-order valence-corrected chi connectivity index (χ4v) is 5.14. The first-order valence-corrected chi connectivity index (χ1v) is 12.0. The van der Waals surface area contributed by atoms with Crippen molar-refractivity contribution in [2.24, 2.45) is 0 Å². The quantitative estimate of drug-likeness (QED) is 0.520. The van der Waals surface area contributed by atoms with Gasteiger partial charge in [-0.3, -0.25) is 14.6 Å². The summed E-state index contributed by atoms with van der Waals surface area (Å²) in [6.07, 6.45) is 2.26. The Balaban J connectivity index is 1.45. The van der Waals surface area contributed by atoms with Gasteiger partial charge < -0.3 is 10.1 Å². The molecule has 35 heavy (non-hydrogen) atoms. The lowest BCUT2D eigenvalue weighted by atomic mass is 9.88. The minimum absolute atomic E-state index is 0.0272. The number of hydrogen-bond donors (Lipinski definition) is 1. The number of nitrogens with zero attached hydrogens (tertiary/aromatic N) is 2. The first-order valence-electron chi connectivity index (χ1n) is 12.0. The molecule has 1 saturated heterocycles. The zero-order chi connectivity index (χ0) is 24.6. The van der Waals surface area contributed by atoms with Gasteiger partial charge in [-0.05, 0) is 66.1 Å². The number of fused-ring (bicyclic) bond motifs is 1. The maximum absolute atomic E-state index is 13.9. The van der Waals surface area contributed by atoms with Crippen molar-refractivity contribution in [3.63, 3.8) is 0 Å². The topological polar surface area (TPSA) is 44.8 Å². The molecule has 1 spiro atoms. The molecule has 0 aromatic heterocycles. The van der Waals surface area contributed by atoms with Crippen LogP contribution < -0.4 is 15.0 Å². The minimum atomic E-state index is -0.837. The second-order valence-electron chi connectivity index (χ2n) is 9.25. The molecule has 1 amide bonds. The van der Waals surface area contributed by atoms with E-state index in [1.807, 2.05) is 41.3 Å². The maximum atomic E-state index is 13.9. The number of piperidine rings is 1. The van der Waals surface area contributed by atoms with Gasteiger partial charge in [-0.1, -0.05) is 19.1 Å². The molecule has 0 aliphatic carbocycles. The molecule has 3 aromatic rings. The lowest BCUT2D eigenvalue weighted by Crippen LogP contribution is -2.64. The molecule has 0 bridgehead atoms. The number of aryl methyl sites for hydroxylation is 1. The molecular weight excluding hydrogens is 448 g/mol. The minimum Gasteiger partial charge on any atom is -0.497 e. The summed E-state index contributed by atoms with van der Waals surface area (Å²) in [4.78, 5) is 18.0. The van der Waals surface area contributed by atoms with Crippen LogP contribution in [0.4, 0.5) is 20.2 Å². The summed E-state index contributed by atoms with van der Waals surface area (Å²) >= 11 is 0. The van der Waals surface area contributed by atoms with E-state index in [0.29, 0.717) is 38.0 Å². The molecule has 7 heteroatoms. The molecule has 5 nitrogen and oxygen atoms in total. The number of benzene rings is 3. The Hall–Kier alpha value is -3.45. The SMILES string of the molecule is CCc1ccc2c(c1)NC1(CCN(Cc3ccc(F)c(F)c3)CC1)N(c1ccc(OC)cc1)C2=O. The Morgan fingerprint density at radius 3 is 2.31 bits per heavy atom. The summed E-state index contributed by atoms with van der Waals surface area (Å²) < 4.78 is 32.4. The molecule has 1 N–H and O–H groups in total. The molecule has 2 heterocycles. The van der Waals surface area contributed by atoms with E-state index in [0.717, 1.165) is 29.1 Å². The molecule has 0 radical (unpaired) electrons. The van der Waals surface area contributed by atoms with Gasteiger partial charge in [0.2, 0.25) is 0 Å². The second-order valence-corrected chi connectivity index (χ2v) is 9.25. The van der Waals surface area contributed by atoms with E-state index in [1.165, 1.54) is 17.7 Å². The van der Waals surface area contributed by atoms with Crippen LogP contribution in [-0.2, 0) is 13.0 Å². The molecule has 2 aliphatic rings. The van der Waals surface area contributed by atoms with Gasteiger partial charge in [-0.25, -0.2) is 8.78 Å². The van der Waals surface area contributed by atoms with Gasteiger partial charge in [0.05, 0.1) is 12.7 Å². The number of carbonyl (C=O) groups excluding carboxylic acids is 1. The Morgan fingerprint density at radius 2 is 1.66 bits per heavy atom. The summed E-state index contributed by atoms with van der Waals surface area (Å²) in [5, 5.41) is 3.73. The predicted octanol–water partition coefficient (Wildman–Crippen LogP) is 5.60. The van der Waals surface area contributed by atoms with Crippen LogP contribution in [0.5, 0.6) is 5.75 Å². The third-order valence-corrected chi connectivity index (χ3v) is 7.13. The number of anilines is 2. The normalized spacial score (nSPS) is 17.3. The number of likely N-dealkylation sites (tertiary alicyclic amines) is 1. The molecule has 2 aliphatic heterocycles. The van der Waals surface area contributed by atoms with Crippen LogP contribution in [-0.4, -0.2) is 36.7 Å². The highest BCUT2D eigenvalue weighted by Crippen LogP contribution is 2.41. The predicted molar refractivity (Wildman–Crippen MR) is 133 cm³/mol. The second kappa shape index (κ2) is 9.30. The third kappa shape index (κ3) is 4.36. The Morgan fingerprint density at radius 1 is 0.943 bits per heavy atom. The lowest BCUT2D eigenvalue weighted by Gasteiger charge is -2.52. The van der Waals surface area contributed by atoms with Gasteiger partial charge in [-0.2, -0.15) is 0 Å². The van der Waals surface area contributed by atoms with Crippen LogP contribution in [0, 0.1) is 11.6 Å². The number of halogens is 2. The fourth-order valence-electron chi connectivity index (χ4n) is 5.14. The molecule has 5 rings (SSSR count). The van der Waals surface area contributed by atoms with E-state index >= 15 is 0 Å². The number of rotatable bonds is 5. The van der Waals surface area contributed by atoms with E-state index in [4.69, 9.17) is 4.74 Å². The Bertz CT molecular complexity index is 1240. The van der Waals surface area contributed by atoms with E-state index in [9.17, 15) is 13.6 Å². The van der Waals surface area contributed by atoms with Gasteiger partial charge in [0, 0.05) is 43.9 Å². The number of carbonyl (C=O) groups is 1. The van der Waals surface area contributed by atoms with Crippen LogP contribution in [0.1, 0.15) is 41.3 Å². The average Bonchev–Trinajstić information content (AvgIpc) is 2.88. The average molecular weight is 478 g/mol. The molecule has 3 aromatic carbocycles. The molecule has 0 saturated carbocycles. The monoisotopic (exact) mass is 477 g/mol. The van der Waals surface area contributed by atoms with Gasteiger partial charge >= 0.3 is 0 Å². The van der Waals surface area contributed by atoms with Crippen molar-refractivity contribution in [1.29, 1.82) is 0 Å². The van der Waals surface area contributed by atoms with Crippen LogP contribution in [0.3, 0.4) is 0 Å². The van der Waals surface area contributed by atoms with Crippen molar-refractivity contribution in [1.82, 2.24) is 4.90 Å². The van der Waals surface area contributed by atoms with E-state index in [2.05, 4.69) is 23.2 Å². The van der Waals surface area contributed by atoms with Gasteiger partial charge in [-0.15, -0.1) is 0 Å². The molecule has 1 fully saturated rings. The first-order chi connectivity index (χ1) is 16.9. The number of methoxy groups -OCH3 is 1. The van der Waals surface area contributed by atoms with Gasteiger partial charge in [0.1, 0.15) is 11.4 Å². The molecule has 0 unspecified atom stereocenters. The zero-order valence-corrected chi connectivity index (χ0v) is 20.0. The van der Waals surface area contributed by atoms with Crippen molar-refractivity contribution in [2.75, 3.05) is 30.4 Å². The fraction of sp³-hybridized carbons (Fsp3) is 0.321. The molecule has 0 atom stereocenters. The van der Waals surface area contributed by atoms with Crippen LogP contribution in [0.2, 0.25) is 0 Å². The van der Waals surface area contributed by atoms with E-state index in [1.54, 1.807) is 13.2 Å². The highest BCUT2D eigenvalue weighted by molar-refractivity contribution is 6.13. The summed E-state index contributed by atoms with van der Waals surface area (Å²) in [7, 11) is 1.62. The van der Waals surface area contributed by atoms with Crippen LogP contribution in [0.25, 0.3) is 0 Å². The summed E-state index contributed by atoms with van der Waals surface area (Å²) in [6, 6.07) is 17.6. The van der Waals surface area contributed by atoms with Gasteiger partial charge in [0.15, 0.2) is 11.6 Å². The first kappa shape index (κ1) is 23.3. The van der Waals surface area contributed by atoms with Crippen molar-refractivity contribution in [3.05, 3.63) is 89.0 Å². The largest absolute Gasteiger partial charge is 0.497 e. The van der Waals surface area contributed by atoms with Gasteiger partial charge in [0.25, 0.3) is 5.91 Å². The summed E-state index contributed by atoms with van der Waals surface area (Å²) in [5.41, 5.74) is 3.66. The number of hydrogen-bond acceptors (Lipinski definition) is 4. The maximum Gasteiger partial charge on any atom is 0.262 e. The molecule has 182 valence electrons. The molecular formula is C28H29F2N3O2. The number of ether oxygens (including phenoxy) is 1. The standard InChI is InChI=1S/C28H29F2N3O2/c1-3-19-4-10-23-26(17-19)31-28(33(27(23)34)21-6-8-22(35-2)9-7-21)12-14-32(15-13-28)18-20-5-11-24(29)25(30)16-20/h4-11,16-17,31H,3,12-15,18H2,1-2H3.